The first-order valence-corrected chi connectivity index (χ1v) is 11.8. The van der Waals surface area contributed by atoms with Gasteiger partial charge in [0.1, 0.15) is 5.75 Å². The number of fused-ring (bicyclic) bond motifs is 2. The number of hydrogen-bond acceptors (Lipinski definition) is 8. The van der Waals surface area contributed by atoms with Crippen molar-refractivity contribution in [1.82, 2.24) is 20.2 Å². The number of H-pyrrole nitrogens is 1. The van der Waals surface area contributed by atoms with Gasteiger partial charge in [0.25, 0.3) is 5.22 Å². The van der Waals surface area contributed by atoms with Crippen molar-refractivity contribution in [3.8, 4) is 5.75 Å². The minimum Gasteiger partial charge on any atom is -0.494 e. The molecule has 0 unspecified atom stereocenters. The van der Waals surface area contributed by atoms with Crippen LogP contribution in [-0.2, 0) is 11.2 Å². The van der Waals surface area contributed by atoms with E-state index in [2.05, 4.69) is 31.5 Å². The fourth-order valence-corrected chi connectivity index (χ4v) is 4.80. The van der Waals surface area contributed by atoms with Gasteiger partial charge < -0.3 is 19.5 Å². The number of aromatic amines is 1. The molecule has 10 heteroatoms. The number of anilines is 1. The maximum absolute atomic E-state index is 12.4. The van der Waals surface area contributed by atoms with Crippen molar-refractivity contribution < 1.29 is 13.9 Å². The monoisotopic (exact) mass is 465 g/mol. The van der Waals surface area contributed by atoms with E-state index in [0.717, 1.165) is 32.4 Å². The summed E-state index contributed by atoms with van der Waals surface area (Å²) in [5.41, 5.74) is 2.97. The van der Waals surface area contributed by atoms with Crippen LogP contribution in [0.5, 0.6) is 5.75 Å². The summed E-state index contributed by atoms with van der Waals surface area (Å²) in [6.07, 6.45) is 2.48. The summed E-state index contributed by atoms with van der Waals surface area (Å²) in [7, 11) is 0. The second-order valence-electron chi connectivity index (χ2n) is 6.92. The SMILES string of the molecule is CCOc1ccc2nc(NC(=O)CSc3nnc(Cc4c[nH]c5ccccc45)o3)sc2c1. The number of thiazole rings is 1. The average Bonchev–Trinajstić information content (AvgIpc) is 3.51. The van der Waals surface area contributed by atoms with Crippen LogP contribution in [0, 0.1) is 0 Å². The molecular weight excluding hydrogens is 446 g/mol. The van der Waals surface area contributed by atoms with E-state index in [4.69, 9.17) is 9.15 Å². The third-order valence-electron chi connectivity index (χ3n) is 4.71. The molecule has 1 amide bonds. The summed E-state index contributed by atoms with van der Waals surface area (Å²) in [5, 5.41) is 13.0. The molecular formula is C22H19N5O3S2. The number of para-hydroxylation sites is 1. The van der Waals surface area contributed by atoms with Gasteiger partial charge in [-0.3, -0.25) is 4.79 Å². The quantitative estimate of drug-likeness (QED) is 0.315. The standard InChI is InChI=1S/C22H19N5O3S2/c1-2-29-14-7-8-17-18(10-14)32-21(24-17)25-19(28)12-31-22-27-26-20(30-22)9-13-11-23-16-6-4-3-5-15(13)16/h3-8,10-11,23H,2,9,12H2,1H3,(H,24,25,28). The lowest BCUT2D eigenvalue weighted by Gasteiger charge is -2.00. The van der Waals surface area contributed by atoms with Crippen LogP contribution in [0.4, 0.5) is 5.13 Å². The summed E-state index contributed by atoms with van der Waals surface area (Å²) < 4.78 is 12.2. The van der Waals surface area contributed by atoms with E-state index >= 15 is 0 Å². The number of carbonyl (C=O) groups is 1. The van der Waals surface area contributed by atoms with Gasteiger partial charge in [0.05, 0.1) is 29.0 Å². The van der Waals surface area contributed by atoms with Crippen molar-refractivity contribution in [1.29, 1.82) is 0 Å². The molecule has 162 valence electrons. The van der Waals surface area contributed by atoms with Gasteiger partial charge in [-0.1, -0.05) is 41.3 Å². The number of nitrogens with zero attached hydrogens (tertiary/aromatic N) is 3. The molecule has 2 N–H and O–H groups in total. The van der Waals surface area contributed by atoms with E-state index in [1.54, 1.807) is 0 Å². The van der Waals surface area contributed by atoms with Crippen molar-refractivity contribution in [2.45, 2.75) is 18.6 Å². The second kappa shape index (κ2) is 9.01. The van der Waals surface area contributed by atoms with E-state index in [1.165, 1.54) is 23.1 Å². The van der Waals surface area contributed by atoms with Crippen LogP contribution in [0.3, 0.4) is 0 Å². The summed E-state index contributed by atoms with van der Waals surface area (Å²) in [6, 6.07) is 13.7. The molecule has 0 radical (unpaired) electrons. The molecule has 0 saturated heterocycles. The highest BCUT2D eigenvalue weighted by molar-refractivity contribution is 7.99. The van der Waals surface area contributed by atoms with Crippen molar-refractivity contribution >= 4 is 55.3 Å². The number of thioether (sulfide) groups is 1. The fourth-order valence-electron chi connectivity index (χ4n) is 3.31. The Kier molecular flexibility index (Phi) is 5.78. The van der Waals surface area contributed by atoms with Crippen LogP contribution >= 0.6 is 23.1 Å². The first kappa shape index (κ1) is 20.5. The van der Waals surface area contributed by atoms with E-state index in [9.17, 15) is 4.79 Å². The minimum absolute atomic E-state index is 0.148. The summed E-state index contributed by atoms with van der Waals surface area (Å²) in [6.45, 7) is 2.54. The Bertz CT molecular complexity index is 1390. The number of carbonyl (C=O) groups excluding carboxylic acids is 1. The molecule has 0 aliphatic rings. The highest BCUT2D eigenvalue weighted by Gasteiger charge is 2.14. The second-order valence-corrected chi connectivity index (χ2v) is 8.87. The number of hydrogen-bond donors (Lipinski definition) is 2. The van der Waals surface area contributed by atoms with Gasteiger partial charge in [0.2, 0.25) is 11.8 Å². The van der Waals surface area contributed by atoms with Gasteiger partial charge in [0.15, 0.2) is 5.13 Å². The zero-order chi connectivity index (χ0) is 21.9. The molecule has 0 fully saturated rings. The molecule has 0 bridgehead atoms. The zero-order valence-corrected chi connectivity index (χ0v) is 18.8. The Morgan fingerprint density at radius 3 is 3.06 bits per heavy atom. The van der Waals surface area contributed by atoms with Gasteiger partial charge in [-0.25, -0.2) is 4.98 Å². The molecule has 5 rings (SSSR count). The Morgan fingerprint density at radius 1 is 1.25 bits per heavy atom. The van der Waals surface area contributed by atoms with E-state index in [0.29, 0.717) is 29.3 Å². The smallest absolute Gasteiger partial charge is 0.277 e. The average molecular weight is 466 g/mol. The van der Waals surface area contributed by atoms with Gasteiger partial charge >= 0.3 is 0 Å². The van der Waals surface area contributed by atoms with Gasteiger partial charge in [-0.05, 0) is 36.8 Å². The topological polar surface area (TPSA) is 106 Å². The number of benzene rings is 2. The molecule has 2 aromatic carbocycles. The Morgan fingerprint density at radius 2 is 2.16 bits per heavy atom. The number of aromatic nitrogens is 4. The van der Waals surface area contributed by atoms with Crippen LogP contribution in [-0.4, -0.2) is 38.4 Å². The fraction of sp³-hybridized carbons (Fsp3) is 0.182. The predicted molar refractivity (Wildman–Crippen MR) is 126 cm³/mol. The lowest BCUT2D eigenvalue weighted by Crippen LogP contribution is -2.13. The maximum Gasteiger partial charge on any atom is 0.277 e. The molecule has 3 heterocycles. The number of nitrogens with one attached hydrogen (secondary N) is 2. The molecule has 3 aromatic heterocycles. The largest absolute Gasteiger partial charge is 0.494 e. The molecule has 8 nitrogen and oxygen atoms in total. The van der Waals surface area contributed by atoms with Gasteiger partial charge in [-0.2, -0.15) is 0 Å². The maximum atomic E-state index is 12.4. The summed E-state index contributed by atoms with van der Waals surface area (Å²) >= 11 is 2.61. The summed E-state index contributed by atoms with van der Waals surface area (Å²) in [4.78, 5) is 20.0. The van der Waals surface area contributed by atoms with Gasteiger partial charge in [-0.15, -0.1) is 10.2 Å². The lowest BCUT2D eigenvalue weighted by molar-refractivity contribution is -0.113. The Labute approximate surface area is 191 Å². The Hall–Kier alpha value is -3.37. The first-order chi connectivity index (χ1) is 15.7. The first-order valence-electron chi connectivity index (χ1n) is 10.0. The molecule has 5 aromatic rings. The van der Waals surface area contributed by atoms with E-state index < -0.39 is 0 Å². The predicted octanol–water partition coefficient (Wildman–Crippen LogP) is 4.88. The third kappa shape index (κ3) is 4.46. The van der Waals surface area contributed by atoms with Crippen LogP contribution < -0.4 is 10.1 Å². The Balaban J connectivity index is 1.18. The van der Waals surface area contributed by atoms with E-state index in [1.807, 2.05) is 49.5 Å². The molecule has 0 aliphatic carbocycles. The highest BCUT2D eigenvalue weighted by Crippen LogP contribution is 2.29. The van der Waals surface area contributed by atoms with Crippen molar-refractivity contribution in [3.05, 3.63) is 60.1 Å². The van der Waals surface area contributed by atoms with Crippen LogP contribution in [0.1, 0.15) is 18.4 Å². The highest BCUT2D eigenvalue weighted by atomic mass is 32.2. The number of amides is 1. The summed E-state index contributed by atoms with van der Waals surface area (Å²) in [5.74, 6) is 1.26. The van der Waals surface area contributed by atoms with Crippen molar-refractivity contribution in [3.63, 3.8) is 0 Å². The molecule has 0 saturated carbocycles. The van der Waals surface area contributed by atoms with Crippen LogP contribution in [0.25, 0.3) is 21.1 Å². The number of ether oxygens (including phenoxy) is 1. The molecule has 0 atom stereocenters. The van der Waals surface area contributed by atoms with Crippen LogP contribution in [0.15, 0.2) is 58.3 Å². The lowest BCUT2D eigenvalue weighted by atomic mass is 10.1. The van der Waals surface area contributed by atoms with Crippen LogP contribution in [0.2, 0.25) is 0 Å². The number of rotatable bonds is 8. The normalized spacial score (nSPS) is 11.3. The third-order valence-corrected chi connectivity index (χ3v) is 6.46. The van der Waals surface area contributed by atoms with Gasteiger partial charge in [0, 0.05) is 17.1 Å². The minimum atomic E-state index is -0.185. The van der Waals surface area contributed by atoms with Crippen molar-refractivity contribution in [2.24, 2.45) is 0 Å². The molecule has 32 heavy (non-hydrogen) atoms. The molecule has 0 aliphatic heterocycles. The molecule has 0 spiro atoms. The van der Waals surface area contributed by atoms with E-state index in [-0.39, 0.29) is 11.7 Å². The van der Waals surface area contributed by atoms with Crippen molar-refractivity contribution in [2.75, 3.05) is 17.7 Å². The zero-order valence-electron chi connectivity index (χ0n) is 17.1.